The van der Waals surface area contributed by atoms with Crippen LogP contribution >= 0.6 is 55.0 Å². The summed E-state index contributed by atoms with van der Waals surface area (Å²) in [4.78, 5) is 29.3. The molecular formula is C22H15Br2N3O2S2. The van der Waals surface area contributed by atoms with E-state index >= 15 is 0 Å². The smallest absolute Gasteiger partial charge is 0.256 e. The van der Waals surface area contributed by atoms with Crippen molar-refractivity contribution < 1.29 is 9.59 Å². The van der Waals surface area contributed by atoms with Crippen LogP contribution in [0.2, 0.25) is 0 Å². The van der Waals surface area contributed by atoms with Crippen LogP contribution in [-0.4, -0.2) is 22.6 Å². The van der Waals surface area contributed by atoms with Gasteiger partial charge in [-0.25, -0.2) is 4.98 Å². The molecule has 31 heavy (non-hydrogen) atoms. The highest BCUT2D eigenvalue weighted by Gasteiger charge is 2.12. The number of carbonyl (C=O) groups excluding carboxylic acids is 2. The fourth-order valence-electron chi connectivity index (χ4n) is 2.74. The molecule has 1 heterocycles. The zero-order valence-electron chi connectivity index (χ0n) is 15.9. The van der Waals surface area contributed by atoms with Crippen LogP contribution in [0.15, 0.2) is 80.0 Å². The Bertz CT molecular complexity index is 1260. The first-order valence-electron chi connectivity index (χ1n) is 9.12. The second kappa shape index (κ2) is 9.95. The molecule has 0 spiro atoms. The molecule has 2 N–H and O–H groups in total. The lowest BCUT2D eigenvalue weighted by atomic mass is 10.2. The minimum atomic E-state index is -0.185. The van der Waals surface area contributed by atoms with Gasteiger partial charge in [-0.15, -0.1) is 11.3 Å². The summed E-state index contributed by atoms with van der Waals surface area (Å²) in [5.41, 5.74) is 2.85. The van der Waals surface area contributed by atoms with Crippen molar-refractivity contribution in [3.63, 3.8) is 0 Å². The lowest BCUT2D eigenvalue weighted by molar-refractivity contribution is -0.113. The normalized spacial score (nSPS) is 10.8. The Morgan fingerprint density at radius 1 is 0.935 bits per heavy atom. The fourth-order valence-corrected chi connectivity index (χ4v) is 5.38. The van der Waals surface area contributed by atoms with Crippen molar-refractivity contribution in [3.8, 4) is 0 Å². The zero-order chi connectivity index (χ0) is 21.8. The molecule has 0 aliphatic carbocycles. The van der Waals surface area contributed by atoms with Gasteiger partial charge >= 0.3 is 0 Å². The molecule has 4 aromatic rings. The van der Waals surface area contributed by atoms with Crippen LogP contribution in [0.1, 0.15) is 10.4 Å². The van der Waals surface area contributed by atoms with Crippen LogP contribution in [0.25, 0.3) is 10.2 Å². The largest absolute Gasteiger partial charge is 0.325 e. The fraction of sp³-hybridized carbons (Fsp3) is 0.0455. The summed E-state index contributed by atoms with van der Waals surface area (Å²) in [6.45, 7) is 0. The third-order valence-electron chi connectivity index (χ3n) is 4.20. The molecule has 0 saturated carbocycles. The van der Waals surface area contributed by atoms with E-state index < -0.39 is 0 Å². The maximum atomic E-state index is 12.5. The molecule has 0 saturated heterocycles. The Morgan fingerprint density at radius 2 is 1.68 bits per heavy atom. The molecule has 4 rings (SSSR count). The predicted molar refractivity (Wildman–Crippen MR) is 135 cm³/mol. The molecule has 0 radical (unpaired) electrons. The number of fused-ring (bicyclic) bond motifs is 1. The standard InChI is InChI=1S/C22H15Br2N3O2S2/c23-13-5-7-14(8-6-13)25-20(28)12-30-22-27-18-10-9-15(11-19(18)31-22)26-21(29)16-3-1-2-4-17(16)24/h1-11H,12H2,(H,25,28)(H,26,29). The summed E-state index contributed by atoms with van der Waals surface area (Å²) in [5.74, 6) is -0.00913. The summed E-state index contributed by atoms with van der Waals surface area (Å²) in [5, 5.41) is 5.79. The van der Waals surface area contributed by atoms with E-state index in [1.165, 1.54) is 23.1 Å². The first kappa shape index (κ1) is 22.0. The lowest BCUT2D eigenvalue weighted by Crippen LogP contribution is -2.13. The van der Waals surface area contributed by atoms with Gasteiger partial charge in [0, 0.05) is 20.3 Å². The Morgan fingerprint density at radius 3 is 2.45 bits per heavy atom. The van der Waals surface area contributed by atoms with E-state index in [0.29, 0.717) is 11.3 Å². The number of nitrogens with zero attached hydrogens (tertiary/aromatic N) is 1. The Balaban J connectivity index is 1.39. The van der Waals surface area contributed by atoms with Gasteiger partial charge in [-0.3, -0.25) is 9.59 Å². The van der Waals surface area contributed by atoms with Gasteiger partial charge in [0.2, 0.25) is 5.91 Å². The SMILES string of the molecule is O=C(CSc1nc2ccc(NC(=O)c3ccccc3Br)cc2s1)Nc1ccc(Br)cc1. The first-order valence-corrected chi connectivity index (χ1v) is 12.5. The number of thioether (sulfide) groups is 1. The summed E-state index contributed by atoms with van der Waals surface area (Å²) in [7, 11) is 0. The highest BCUT2D eigenvalue weighted by Crippen LogP contribution is 2.31. The van der Waals surface area contributed by atoms with E-state index in [4.69, 9.17) is 0 Å². The van der Waals surface area contributed by atoms with Crippen LogP contribution in [0, 0.1) is 0 Å². The summed E-state index contributed by atoms with van der Waals surface area (Å²) in [6.07, 6.45) is 0. The van der Waals surface area contributed by atoms with Gasteiger partial charge in [0.1, 0.15) is 0 Å². The van der Waals surface area contributed by atoms with Crippen molar-refractivity contribution in [1.29, 1.82) is 0 Å². The molecule has 2 amide bonds. The quantitative estimate of drug-likeness (QED) is 0.247. The number of thiazole rings is 1. The number of halogens is 2. The molecular weight excluding hydrogens is 562 g/mol. The topological polar surface area (TPSA) is 71.1 Å². The summed E-state index contributed by atoms with van der Waals surface area (Å²) >= 11 is 9.65. The maximum absolute atomic E-state index is 12.5. The highest BCUT2D eigenvalue weighted by molar-refractivity contribution is 9.10. The average molecular weight is 577 g/mol. The highest BCUT2D eigenvalue weighted by atomic mass is 79.9. The number of anilines is 2. The number of benzene rings is 3. The Kier molecular flexibility index (Phi) is 7.06. The molecule has 5 nitrogen and oxygen atoms in total. The molecule has 0 bridgehead atoms. The number of nitrogens with one attached hydrogen (secondary N) is 2. The van der Waals surface area contributed by atoms with Crippen molar-refractivity contribution >= 4 is 88.4 Å². The van der Waals surface area contributed by atoms with E-state index in [0.717, 1.165) is 29.2 Å². The minimum Gasteiger partial charge on any atom is -0.325 e. The van der Waals surface area contributed by atoms with Crippen LogP contribution in [-0.2, 0) is 4.79 Å². The maximum Gasteiger partial charge on any atom is 0.256 e. The van der Waals surface area contributed by atoms with Crippen molar-refractivity contribution in [1.82, 2.24) is 4.98 Å². The van der Waals surface area contributed by atoms with Gasteiger partial charge in [-0.2, -0.15) is 0 Å². The van der Waals surface area contributed by atoms with Crippen LogP contribution in [0.5, 0.6) is 0 Å². The minimum absolute atomic E-state index is 0.0898. The Hall–Kier alpha value is -2.20. The van der Waals surface area contributed by atoms with Crippen molar-refractivity contribution in [2.45, 2.75) is 4.34 Å². The zero-order valence-corrected chi connectivity index (χ0v) is 20.7. The molecule has 1 aromatic heterocycles. The molecule has 0 aliphatic rings. The van der Waals surface area contributed by atoms with E-state index in [2.05, 4.69) is 47.5 Å². The number of hydrogen-bond donors (Lipinski definition) is 2. The molecule has 9 heteroatoms. The molecule has 0 unspecified atom stereocenters. The summed E-state index contributed by atoms with van der Waals surface area (Å²) in [6, 6.07) is 20.3. The monoisotopic (exact) mass is 575 g/mol. The van der Waals surface area contributed by atoms with Gasteiger partial charge in [-0.1, -0.05) is 39.8 Å². The van der Waals surface area contributed by atoms with Crippen molar-refractivity contribution in [2.75, 3.05) is 16.4 Å². The number of hydrogen-bond acceptors (Lipinski definition) is 5. The predicted octanol–water partition coefficient (Wildman–Crippen LogP) is 6.80. The van der Waals surface area contributed by atoms with Gasteiger partial charge in [0.25, 0.3) is 5.91 Å². The third kappa shape index (κ3) is 5.74. The van der Waals surface area contributed by atoms with Crippen molar-refractivity contribution in [2.24, 2.45) is 0 Å². The average Bonchev–Trinajstić information content (AvgIpc) is 3.16. The van der Waals surface area contributed by atoms with Crippen LogP contribution in [0.3, 0.4) is 0 Å². The number of amides is 2. The third-order valence-corrected chi connectivity index (χ3v) is 7.58. The Labute approximate surface area is 203 Å². The number of rotatable bonds is 6. The van der Waals surface area contributed by atoms with Gasteiger partial charge < -0.3 is 10.6 Å². The van der Waals surface area contributed by atoms with Crippen LogP contribution in [0.4, 0.5) is 11.4 Å². The molecule has 0 fully saturated rings. The van der Waals surface area contributed by atoms with Gasteiger partial charge in [-0.05, 0) is 70.5 Å². The van der Waals surface area contributed by atoms with Crippen molar-refractivity contribution in [3.05, 3.63) is 81.2 Å². The number of carbonyl (C=O) groups is 2. The van der Waals surface area contributed by atoms with E-state index in [9.17, 15) is 9.59 Å². The van der Waals surface area contributed by atoms with Gasteiger partial charge in [0.15, 0.2) is 4.34 Å². The number of aromatic nitrogens is 1. The second-order valence-corrected chi connectivity index (χ2v) is 10.5. The molecule has 3 aromatic carbocycles. The lowest BCUT2D eigenvalue weighted by Gasteiger charge is -2.06. The molecule has 0 atom stereocenters. The summed E-state index contributed by atoms with van der Waals surface area (Å²) < 4.78 is 3.45. The van der Waals surface area contributed by atoms with E-state index in [-0.39, 0.29) is 17.6 Å². The van der Waals surface area contributed by atoms with E-state index in [1.54, 1.807) is 6.07 Å². The molecule has 0 aliphatic heterocycles. The van der Waals surface area contributed by atoms with E-state index in [1.807, 2.05) is 60.7 Å². The second-order valence-electron chi connectivity index (χ2n) is 6.44. The van der Waals surface area contributed by atoms with Crippen LogP contribution < -0.4 is 10.6 Å². The van der Waals surface area contributed by atoms with Gasteiger partial charge in [0.05, 0.1) is 21.5 Å². The first-order chi connectivity index (χ1) is 15.0. The molecule has 156 valence electrons.